The first-order chi connectivity index (χ1) is 17.6. The summed E-state index contributed by atoms with van der Waals surface area (Å²) >= 11 is 0. The van der Waals surface area contributed by atoms with E-state index in [1.807, 2.05) is 37.8 Å². The van der Waals surface area contributed by atoms with Crippen LogP contribution in [-0.2, 0) is 12.0 Å². The average Bonchev–Trinajstić information content (AvgIpc) is 2.88. The van der Waals surface area contributed by atoms with Crippen LogP contribution < -0.4 is 25.8 Å². The molecule has 2 amide bonds. The monoisotopic (exact) mass is 506 g/mol. The molecule has 9 nitrogen and oxygen atoms in total. The molecule has 37 heavy (non-hydrogen) atoms. The number of nitrogens with zero attached hydrogens (tertiary/aromatic N) is 3. The van der Waals surface area contributed by atoms with Crippen LogP contribution in [0.2, 0.25) is 0 Å². The van der Waals surface area contributed by atoms with Gasteiger partial charge in [-0.15, -0.1) is 0 Å². The van der Waals surface area contributed by atoms with E-state index in [0.29, 0.717) is 48.3 Å². The topological polar surface area (TPSA) is 115 Å². The summed E-state index contributed by atoms with van der Waals surface area (Å²) in [5.74, 6) is 2.20. The fourth-order valence-electron chi connectivity index (χ4n) is 4.92. The number of piperidine rings is 1. The highest BCUT2D eigenvalue weighted by Gasteiger charge is 2.37. The Morgan fingerprint density at radius 3 is 2.32 bits per heavy atom. The van der Waals surface area contributed by atoms with Crippen LogP contribution in [0.4, 0.5) is 10.6 Å². The third-order valence-corrected chi connectivity index (χ3v) is 6.90. The third kappa shape index (κ3) is 6.05. The number of carbonyl (C=O) groups excluding carboxylic acids is 1. The number of rotatable bonds is 7. The fourth-order valence-corrected chi connectivity index (χ4v) is 4.92. The van der Waals surface area contributed by atoms with Crippen molar-refractivity contribution in [2.45, 2.75) is 51.1 Å². The lowest BCUT2D eigenvalue weighted by atomic mass is 9.72. The van der Waals surface area contributed by atoms with E-state index in [1.165, 1.54) is 5.56 Å². The summed E-state index contributed by atoms with van der Waals surface area (Å²) in [5, 5.41) is 7.39. The molecule has 9 heteroatoms. The Bertz CT molecular complexity index is 1230. The number of fused-ring (bicyclic) bond motifs is 1. The summed E-state index contributed by atoms with van der Waals surface area (Å²) in [6, 6.07) is 14.1. The van der Waals surface area contributed by atoms with E-state index in [1.54, 1.807) is 20.3 Å². The Balaban J connectivity index is 1.49. The molecule has 0 atom stereocenters. The van der Waals surface area contributed by atoms with Crippen LogP contribution in [0, 0.1) is 0 Å². The van der Waals surface area contributed by atoms with E-state index >= 15 is 0 Å². The van der Waals surface area contributed by atoms with Crippen LogP contribution in [-0.4, -0.2) is 60.3 Å². The van der Waals surface area contributed by atoms with Crippen LogP contribution in [0.5, 0.6) is 11.5 Å². The number of nitrogens with one attached hydrogen (secondary N) is 2. The number of ether oxygens (including phenoxy) is 2. The van der Waals surface area contributed by atoms with Crippen LogP contribution >= 0.6 is 0 Å². The van der Waals surface area contributed by atoms with Crippen molar-refractivity contribution in [3.05, 3.63) is 53.9 Å². The Hall–Kier alpha value is -3.59. The molecule has 1 aliphatic rings. The zero-order valence-corrected chi connectivity index (χ0v) is 22.4. The first-order valence-corrected chi connectivity index (χ1v) is 12.7. The van der Waals surface area contributed by atoms with Gasteiger partial charge in [0.2, 0.25) is 0 Å². The molecule has 4 N–H and O–H groups in total. The summed E-state index contributed by atoms with van der Waals surface area (Å²) in [7, 11) is 3.18. The molecule has 0 radical (unpaired) electrons. The number of urea groups is 1. The van der Waals surface area contributed by atoms with Gasteiger partial charge in [-0.3, -0.25) is 0 Å². The minimum absolute atomic E-state index is 0.00535. The van der Waals surface area contributed by atoms with Crippen molar-refractivity contribution in [1.29, 1.82) is 0 Å². The standard InChI is InChI=1S/C28H38N6O3/c1-27(2,3)33-26(35)34-13-11-28(12-14-34,19-9-7-6-8-10-19)18-30-17-24-31-21-16-23(37-5)22(36-4)15-20(21)25(29)32-24/h6-10,15-16,30H,11-14,17-18H2,1-5H3,(H,33,35)(H2,29,31,32). The highest BCUT2D eigenvalue weighted by atomic mass is 16.5. The quantitative estimate of drug-likeness (QED) is 0.446. The number of amides is 2. The summed E-state index contributed by atoms with van der Waals surface area (Å²) in [4.78, 5) is 23.9. The van der Waals surface area contributed by atoms with Crippen molar-refractivity contribution >= 4 is 22.8 Å². The van der Waals surface area contributed by atoms with Gasteiger partial charge in [-0.1, -0.05) is 30.3 Å². The van der Waals surface area contributed by atoms with Gasteiger partial charge in [-0.05, 0) is 45.2 Å². The average molecular weight is 507 g/mol. The van der Waals surface area contributed by atoms with Gasteiger partial charge in [0, 0.05) is 42.0 Å². The molecule has 2 aromatic carbocycles. The number of anilines is 1. The van der Waals surface area contributed by atoms with Crippen molar-refractivity contribution in [3.8, 4) is 11.5 Å². The van der Waals surface area contributed by atoms with Crippen molar-refractivity contribution in [2.24, 2.45) is 0 Å². The Morgan fingerprint density at radius 1 is 1.05 bits per heavy atom. The van der Waals surface area contributed by atoms with Crippen molar-refractivity contribution in [2.75, 3.05) is 39.6 Å². The van der Waals surface area contributed by atoms with Gasteiger partial charge in [0.15, 0.2) is 11.5 Å². The number of nitrogen functional groups attached to an aromatic ring is 1. The highest BCUT2D eigenvalue weighted by Crippen LogP contribution is 2.36. The number of likely N-dealkylation sites (tertiary alicyclic amines) is 1. The first-order valence-electron chi connectivity index (χ1n) is 12.7. The number of aromatic nitrogens is 2. The SMILES string of the molecule is COc1cc2nc(CNCC3(c4ccccc4)CCN(C(=O)NC(C)(C)C)CC3)nc(N)c2cc1OC. The van der Waals surface area contributed by atoms with Crippen LogP contribution in [0.3, 0.4) is 0 Å². The highest BCUT2D eigenvalue weighted by molar-refractivity contribution is 5.90. The molecule has 1 aliphatic heterocycles. The van der Waals surface area contributed by atoms with Gasteiger partial charge in [0.1, 0.15) is 11.6 Å². The predicted molar refractivity (Wildman–Crippen MR) is 146 cm³/mol. The molecule has 3 aromatic rings. The molecule has 2 heterocycles. The number of benzene rings is 2. The zero-order chi connectivity index (χ0) is 26.6. The van der Waals surface area contributed by atoms with Gasteiger partial charge < -0.3 is 30.7 Å². The van der Waals surface area contributed by atoms with E-state index in [9.17, 15) is 4.79 Å². The Morgan fingerprint density at radius 2 is 1.70 bits per heavy atom. The number of nitrogens with two attached hydrogens (primary N) is 1. The first kappa shape index (κ1) is 26.5. The molecule has 4 rings (SSSR count). The molecule has 0 unspecified atom stereocenters. The lowest BCUT2D eigenvalue weighted by molar-refractivity contribution is 0.149. The maximum atomic E-state index is 12.7. The van der Waals surface area contributed by atoms with E-state index in [0.717, 1.165) is 24.8 Å². The maximum absolute atomic E-state index is 12.7. The normalized spacial score (nSPS) is 15.4. The van der Waals surface area contributed by atoms with Crippen molar-refractivity contribution in [3.63, 3.8) is 0 Å². The smallest absolute Gasteiger partial charge is 0.317 e. The van der Waals surface area contributed by atoms with Crippen LogP contribution in [0.25, 0.3) is 10.9 Å². The minimum Gasteiger partial charge on any atom is -0.493 e. The molecule has 1 saturated heterocycles. The van der Waals surface area contributed by atoms with E-state index in [4.69, 9.17) is 20.2 Å². The van der Waals surface area contributed by atoms with E-state index in [2.05, 4.69) is 39.9 Å². The van der Waals surface area contributed by atoms with Gasteiger partial charge in [0.25, 0.3) is 0 Å². The van der Waals surface area contributed by atoms with Gasteiger partial charge in [-0.25, -0.2) is 14.8 Å². The van der Waals surface area contributed by atoms with Crippen LogP contribution in [0.1, 0.15) is 45.0 Å². The largest absolute Gasteiger partial charge is 0.493 e. The molecular weight excluding hydrogens is 468 g/mol. The molecule has 0 spiro atoms. The molecule has 0 bridgehead atoms. The molecular formula is C28H38N6O3. The van der Waals surface area contributed by atoms with Crippen molar-refractivity contribution in [1.82, 2.24) is 25.5 Å². The number of methoxy groups -OCH3 is 2. The third-order valence-electron chi connectivity index (χ3n) is 6.90. The summed E-state index contributed by atoms with van der Waals surface area (Å²) < 4.78 is 10.8. The molecule has 1 aromatic heterocycles. The second kappa shape index (κ2) is 10.8. The Labute approximate surface area is 218 Å². The Kier molecular flexibility index (Phi) is 7.73. The number of hydrogen-bond donors (Lipinski definition) is 3. The van der Waals surface area contributed by atoms with Crippen molar-refractivity contribution < 1.29 is 14.3 Å². The molecule has 198 valence electrons. The summed E-state index contributed by atoms with van der Waals surface area (Å²) in [5.41, 5.74) is 7.89. The summed E-state index contributed by atoms with van der Waals surface area (Å²) in [6.45, 7) is 8.60. The second-order valence-corrected chi connectivity index (χ2v) is 10.7. The lowest BCUT2D eigenvalue weighted by Crippen LogP contribution is -2.54. The number of carbonyl (C=O) groups is 1. The molecule has 1 fully saturated rings. The predicted octanol–water partition coefficient (Wildman–Crippen LogP) is 3.86. The van der Waals surface area contributed by atoms with E-state index in [-0.39, 0.29) is 17.0 Å². The lowest BCUT2D eigenvalue weighted by Gasteiger charge is -2.43. The van der Waals surface area contributed by atoms with Gasteiger partial charge >= 0.3 is 6.03 Å². The molecule has 0 saturated carbocycles. The minimum atomic E-state index is -0.260. The van der Waals surface area contributed by atoms with Gasteiger partial charge in [0.05, 0.1) is 26.3 Å². The fraction of sp³-hybridized carbons (Fsp3) is 0.464. The van der Waals surface area contributed by atoms with Crippen LogP contribution in [0.15, 0.2) is 42.5 Å². The number of hydrogen-bond acceptors (Lipinski definition) is 7. The zero-order valence-electron chi connectivity index (χ0n) is 22.4. The molecule has 0 aliphatic carbocycles. The maximum Gasteiger partial charge on any atom is 0.317 e. The summed E-state index contributed by atoms with van der Waals surface area (Å²) in [6.07, 6.45) is 1.72. The second-order valence-electron chi connectivity index (χ2n) is 10.7. The van der Waals surface area contributed by atoms with Gasteiger partial charge in [-0.2, -0.15) is 0 Å². The van der Waals surface area contributed by atoms with E-state index < -0.39 is 0 Å².